The first kappa shape index (κ1) is 12.4. The highest BCUT2D eigenvalue weighted by atomic mass is 19.4. The summed E-state index contributed by atoms with van der Waals surface area (Å²) < 4.78 is 32.5. The largest absolute Gasteiger partial charge is 0.449 e. The van der Waals surface area contributed by atoms with Gasteiger partial charge in [-0.3, -0.25) is 4.79 Å². The standard InChI is InChI=1S/C4H9NO.C3H3F3O/c6-4-1-2-5-3-4;1-2(7)3(4,5)6/h4-6H,1-3H2;1H3. The summed E-state index contributed by atoms with van der Waals surface area (Å²) in [5, 5.41) is 11.7. The molecule has 3 nitrogen and oxygen atoms in total. The number of aliphatic hydroxyl groups is 1. The van der Waals surface area contributed by atoms with Crippen molar-refractivity contribution < 1.29 is 23.1 Å². The molecular formula is C7H12F3NO2. The lowest BCUT2D eigenvalue weighted by Crippen LogP contribution is -2.18. The maximum Gasteiger partial charge on any atom is 0.449 e. The first-order valence-corrected chi connectivity index (χ1v) is 3.80. The van der Waals surface area contributed by atoms with Gasteiger partial charge in [-0.25, -0.2) is 0 Å². The van der Waals surface area contributed by atoms with E-state index in [1.807, 2.05) is 0 Å². The molecule has 2 N–H and O–H groups in total. The summed E-state index contributed by atoms with van der Waals surface area (Å²) in [5.74, 6) is -1.76. The molecule has 1 fully saturated rings. The van der Waals surface area contributed by atoms with Gasteiger partial charge in [0, 0.05) is 13.5 Å². The fourth-order valence-electron chi connectivity index (χ4n) is 0.639. The van der Waals surface area contributed by atoms with Crippen LogP contribution in [-0.4, -0.2) is 36.3 Å². The SMILES string of the molecule is CC(=O)C(F)(F)F.OC1CCNC1. The summed E-state index contributed by atoms with van der Waals surface area (Å²) >= 11 is 0. The summed E-state index contributed by atoms with van der Waals surface area (Å²) in [6.07, 6.45) is -3.77. The molecule has 6 heteroatoms. The van der Waals surface area contributed by atoms with Gasteiger partial charge >= 0.3 is 6.18 Å². The third kappa shape index (κ3) is 6.53. The molecule has 0 aromatic rings. The summed E-state index contributed by atoms with van der Waals surface area (Å²) in [7, 11) is 0. The van der Waals surface area contributed by atoms with Crippen molar-refractivity contribution in [1.82, 2.24) is 5.32 Å². The number of rotatable bonds is 0. The van der Waals surface area contributed by atoms with Crippen molar-refractivity contribution in [2.75, 3.05) is 13.1 Å². The summed E-state index contributed by atoms with van der Waals surface area (Å²) in [6.45, 7) is 2.27. The van der Waals surface area contributed by atoms with E-state index in [0.717, 1.165) is 19.5 Å². The van der Waals surface area contributed by atoms with Gasteiger partial charge in [0.25, 0.3) is 0 Å². The lowest BCUT2D eigenvalue weighted by molar-refractivity contribution is -0.168. The highest BCUT2D eigenvalue weighted by Crippen LogP contribution is 2.14. The number of β-amino-alcohol motifs (C(OH)–C–C–N with tert-alkyl or cyclic N) is 1. The maximum atomic E-state index is 10.8. The van der Waals surface area contributed by atoms with Gasteiger partial charge in [0.1, 0.15) is 0 Å². The van der Waals surface area contributed by atoms with Gasteiger partial charge in [-0.05, 0) is 13.0 Å². The molecule has 1 unspecified atom stereocenters. The summed E-state index contributed by atoms with van der Waals surface area (Å²) in [5.41, 5.74) is 0. The van der Waals surface area contributed by atoms with Gasteiger partial charge < -0.3 is 10.4 Å². The van der Waals surface area contributed by atoms with E-state index < -0.39 is 12.0 Å². The van der Waals surface area contributed by atoms with E-state index in [1.165, 1.54) is 0 Å². The molecule has 0 aromatic carbocycles. The van der Waals surface area contributed by atoms with Gasteiger partial charge in [0.2, 0.25) is 5.78 Å². The Morgan fingerprint density at radius 2 is 2.00 bits per heavy atom. The second-order valence-corrected chi connectivity index (χ2v) is 2.70. The number of hydrogen-bond donors (Lipinski definition) is 2. The van der Waals surface area contributed by atoms with E-state index in [2.05, 4.69) is 5.32 Å². The molecule has 13 heavy (non-hydrogen) atoms. The minimum atomic E-state index is -4.64. The quantitative estimate of drug-likeness (QED) is 0.596. The van der Waals surface area contributed by atoms with Crippen LogP contribution in [-0.2, 0) is 4.79 Å². The van der Waals surface area contributed by atoms with Crippen molar-refractivity contribution in [2.45, 2.75) is 25.6 Å². The van der Waals surface area contributed by atoms with Crippen LogP contribution >= 0.6 is 0 Å². The van der Waals surface area contributed by atoms with E-state index in [1.54, 1.807) is 0 Å². The number of aliphatic hydroxyl groups excluding tert-OH is 1. The van der Waals surface area contributed by atoms with E-state index in [9.17, 15) is 18.0 Å². The lowest BCUT2D eigenvalue weighted by atomic mass is 10.3. The average Bonchev–Trinajstić information content (AvgIpc) is 2.38. The van der Waals surface area contributed by atoms with Crippen molar-refractivity contribution >= 4 is 5.78 Å². The molecular weight excluding hydrogens is 187 g/mol. The van der Waals surface area contributed by atoms with Crippen LogP contribution in [0.25, 0.3) is 0 Å². The molecule has 0 aliphatic carbocycles. The number of ketones is 1. The average molecular weight is 199 g/mol. The highest BCUT2D eigenvalue weighted by molar-refractivity contribution is 5.81. The van der Waals surface area contributed by atoms with Gasteiger partial charge in [0.05, 0.1) is 6.10 Å². The van der Waals surface area contributed by atoms with E-state index in [4.69, 9.17) is 5.11 Å². The van der Waals surface area contributed by atoms with Gasteiger partial charge in [-0.1, -0.05) is 0 Å². The maximum absolute atomic E-state index is 10.8. The zero-order valence-corrected chi connectivity index (χ0v) is 7.19. The number of halogens is 3. The molecule has 0 saturated carbocycles. The topological polar surface area (TPSA) is 49.3 Å². The number of hydrogen-bond acceptors (Lipinski definition) is 3. The first-order chi connectivity index (χ1) is 5.84. The summed E-state index contributed by atoms with van der Waals surface area (Å²) in [4.78, 5) is 9.34. The molecule has 0 spiro atoms. The van der Waals surface area contributed by atoms with Crippen molar-refractivity contribution in [2.24, 2.45) is 0 Å². The molecule has 0 bridgehead atoms. The molecule has 1 aliphatic heterocycles. The molecule has 78 valence electrons. The van der Waals surface area contributed by atoms with Crippen LogP contribution in [0, 0.1) is 0 Å². The number of Topliss-reactive ketones (excluding diaryl/α,β-unsaturated/α-hetero) is 1. The van der Waals surface area contributed by atoms with Gasteiger partial charge in [-0.15, -0.1) is 0 Å². The molecule has 1 saturated heterocycles. The van der Waals surface area contributed by atoms with E-state index in [-0.39, 0.29) is 6.10 Å². The van der Waals surface area contributed by atoms with Crippen LogP contribution in [0.2, 0.25) is 0 Å². The number of alkyl halides is 3. The third-order valence-electron chi connectivity index (χ3n) is 1.43. The van der Waals surface area contributed by atoms with Crippen LogP contribution in [0.5, 0.6) is 0 Å². The van der Waals surface area contributed by atoms with Crippen LogP contribution in [0.1, 0.15) is 13.3 Å². The Labute approximate surface area is 73.9 Å². The fraction of sp³-hybridized carbons (Fsp3) is 0.857. The first-order valence-electron chi connectivity index (χ1n) is 3.80. The Bertz CT molecular complexity index is 164. The van der Waals surface area contributed by atoms with Crippen molar-refractivity contribution in [3.8, 4) is 0 Å². The Morgan fingerprint density at radius 1 is 1.54 bits per heavy atom. The second-order valence-electron chi connectivity index (χ2n) is 2.70. The van der Waals surface area contributed by atoms with Crippen LogP contribution in [0.3, 0.4) is 0 Å². The zero-order chi connectivity index (χ0) is 10.5. The predicted octanol–water partition coefficient (Wildman–Crippen LogP) is 0.478. The van der Waals surface area contributed by atoms with Crippen LogP contribution in [0.15, 0.2) is 0 Å². The molecule has 1 atom stereocenters. The molecule has 0 aromatic heterocycles. The molecule has 1 aliphatic rings. The third-order valence-corrected chi connectivity index (χ3v) is 1.43. The van der Waals surface area contributed by atoms with Crippen molar-refractivity contribution in [1.29, 1.82) is 0 Å². The number of nitrogens with one attached hydrogen (secondary N) is 1. The molecule has 0 amide bonds. The Morgan fingerprint density at radius 3 is 2.08 bits per heavy atom. The second kappa shape index (κ2) is 5.18. The number of carbonyl (C=O) groups is 1. The minimum Gasteiger partial charge on any atom is -0.392 e. The number of carbonyl (C=O) groups excluding carboxylic acids is 1. The van der Waals surface area contributed by atoms with Crippen LogP contribution < -0.4 is 5.32 Å². The van der Waals surface area contributed by atoms with E-state index >= 15 is 0 Å². The highest BCUT2D eigenvalue weighted by Gasteiger charge is 2.33. The van der Waals surface area contributed by atoms with Gasteiger partial charge in [0.15, 0.2) is 0 Å². The fourth-order valence-corrected chi connectivity index (χ4v) is 0.639. The zero-order valence-electron chi connectivity index (χ0n) is 7.19. The van der Waals surface area contributed by atoms with Crippen molar-refractivity contribution in [3.63, 3.8) is 0 Å². The van der Waals surface area contributed by atoms with Gasteiger partial charge in [-0.2, -0.15) is 13.2 Å². The van der Waals surface area contributed by atoms with Crippen molar-refractivity contribution in [3.05, 3.63) is 0 Å². The summed E-state index contributed by atoms with van der Waals surface area (Å²) in [6, 6.07) is 0. The molecule has 1 rings (SSSR count). The Hall–Kier alpha value is -0.620. The molecule has 1 heterocycles. The smallest absolute Gasteiger partial charge is 0.392 e. The predicted molar refractivity (Wildman–Crippen MR) is 40.2 cm³/mol. The minimum absolute atomic E-state index is 0.0648. The lowest BCUT2D eigenvalue weighted by Gasteiger charge is -1.95. The van der Waals surface area contributed by atoms with Crippen LogP contribution in [0.4, 0.5) is 13.2 Å². The van der Waals surface area contributed by atoms with E-state index in [0.29, 0.717) is 6.92 Å². The monoisotopic (exact) mass is 199 g/mol. The molecule has 0 radical (unpaired) electrons. The Kier molecular flexibility index (Phi) is 4.94. The Balaban J connectivity index is 0.000000223. The normalized spacial score (nSPS) is 22.1.